The standard InChI is InChI=1S/C11H10Cl2N4S/c1-17(18)9-5-3-2-4-8(9)15-10-7(12)6-14-11(13)16-10/h2-6,18H,1H3,(H,14,15,16). The Morgan fingerprint density at radius 3 is 2.72 bits per heavy atom. The number of para-hydroxylation sites is 2. The van der Waals surface area contributed by atoms with Crippen molar-refractivity contribution < 1.29 is 0 Å². The molecule has 0 aliphatic rings. The summed E-state index contributed by atoms with van der Waals surface area (Å²) in [4.78, 5) is 7.83. The van der Waals surface area contributed by atoms with E-state index in [0.717, 1.165) is 11.4 Å². The highest BCUT2D eigenvalue weighted by molar-refractivity contribution is 7.81. The maximum atomic E-state index is 6.00. The first-order valence-corrected chi connectivity index (χ1v) is 6.20. The second-order valence-electron chi connectivity index (χ2n) is 3.50. The number of hydrogen-bond acceptors (Lipinski definition) is 5. The van der Waals surface area contributed by atoms with Crippen LogP contribution in [0.1, 0.15) is 0 Å². The van der Waals surface area contributed by atoms with Gasteiger partial charge in [-0.05, 0) is 23.7 Å². The first-order chi connectivity index (χ1) is 8.58. The molecule has 0 saturated heterocycles. The van der Waals surface area contributed by atoms with Crippen molar-refractivity contribution in [1.29, 1.82) is 0 Å². The Labute approximate surface area is 120 Å². The Morgan fingerprint density at radius 1 is 1.28 bits per heavy atom. The molecule has 0 amide bonds. The molecule has 1 N–H and O–H groups in total. The number of hydrogen-bond donors (Lipinski definition) is 2. The van der Waals surface area contributed by atoms with Crippen LogP contribution < -0.4 is 9.62 Å². The van der Waals surface area contributed by atoms with Crippen LogP contribution in [0.4, 0.5) is 17.2 Å². The van der Waals surface area contributed by atoms with Crippen LogP contribution >= 0.6 is 36.0 Å². The molecule has 1 heterocycles. The zero-order valence-corrected chi connectivity index (χ0v) is 11.8. The lowest BCUT2D eigenvalue weighted by molar-refractivity contribution is 1.17. The molecular weight excluding hydrogens is 291 g/mol. The van der Waals surface area contributed by atoms with Crippen LogP contribution in [-0.2, 0) is 0 Å². The fraction of sp³-hybridized carbons (Fsp3) is 0.0909. The predicted molar refractivity (Wildman–Crippen MR) is 79.2 cm³/mol. The lowest BCUT2D eigenvalue weighted by Crippen LogP contribution is -2.05. The van der Waals surface area contributed by atoms with Crippen LogP contribution in [0.2, 0.25) is 10.3 Å². The third kappa shape index (κ3) is 2.98. The van der Waals surface area contributed by atoms with Crippen molar-refractivity contribution in [2.45, 2.75) is 0 Å². The van der Waals surface area contributed by atoms with Crippen LogP contribution in [-0.4, -0.2) is 17.0 Å². The van der Waals surface area contributed by atoms with Gasteiger partial charge in [-0.1, -0.05) is 36.5 Å². The Bertz CT molecular complexity index is 562. The van der Waals surface area contributed by atoms with Gasteiger partial charge in [0, 0.05) is 7.05 Å². The monoisotopic (exact) mass is 300 g/mol. The summed E-state index contributed by atoms with van der Waals surface area (Å²) in [6, 6.07) is 7.64. The zero-order valence-electron chi connectivity index (χ0n) is 9.43. The van der Waals surface area contributed by atoms with E-state index in [1.807, 2.05) is 31.3 Å². The van der Waals surface area contributed by atoms with E-state index in [1.165, 1.54) is 6.20 Å². The lowest BCUT2D eigenvalue weighted by Gasteiger charge is -2.17. The number of nitrogens with zero attached hydrogens (tertiary/aromatic N) is 3. The minimum atomic E-state index is 0.138. The molecule has 0 saturated carbocycles. The minimum absolute atomic E-state index is 0.138. The van der Waals surface area contributed by atoms with Gasteiger partial charge in [0.1, 0.15) is 5.02 Å². The average molecular weight is 301 g/mol. The fourth-order valence-electron chi connectivity index (χ4n) is 1.42. The lowest BCUT2D eigenvalue weighted by atomic mass is 10.2. The van der Waals surface area contributed by atoms with Gasteiger partial charge in [-0.25, -0.2) is 4.98 Å². The summed E-state index contributed by atoms with van der Waals surface area (Å²) in [5, 5.41) is 3.64. The number of rotatable bonds is 3. The average Bonchev–Trinajstić information content (AvgIpc) is 2.34. The van der Waals surface area contributed by atoms with E-state index in [2.05, 4.69) is 28.1 Å². The summed E-state index contributed by atoms with van der Waals surface area (Å²) < 4.78 is 1.69. The van der Waals surface area contributed by atoms with Gasteiger partial charge in [0.05, 0.1) is 17.6 Å². The van der Waals surface area contributed by atoms with Crippen molar-refractivity contribution in [2.24, 2.45) is 0 Å². The number of nitrogens with one attached hydrogen (secondary N) is 1. The minimum Gasteiger partial charge on any atom is -0.337 e. The predicted octanol–water partition coefficient (Wildman–Crippen LogP) is 3.81. The molecule has 2 rings (SSSR count). The third-order valence-electron chi connectivity index (χ3n) is 2.22. The summed E-state index contributed by atoms with van der Waals surface area (Å²) in [7, 11) is 1.83. The smallest absolute Gasteiger partial charge is 0.224 e. The van der Waals surface area contributed by atoms with E-state index in [1.54, 1.807) is 4.31 Å². The van der Waals surface area contributed by atoms with Crippen molar-refractivity contribution >= 4 is 53.2 Å². The van der Waals surface area contributed by atoms with Crippen molar-refractivity contribution in [3.05, 3.63) is 40.8 Å². The van der Waals surface area contributed by atoms with Gasteiger partial charge in [-0.3, -0.25) is 0 Å². The molecule has 0 bridgehead atoms. The van der Waals surface area contributed by atoms with Crippen molar-refractivity contribution in [3.63, 3.8) is 0 Å². The fourth-order valence-corrected chi connectivity index (χ4v) is 1.87. The normalized spacial score (nSPS) is 10.2. The molecule has 0 aliphatic heterocycles. The summed E-state index contributed by atoms with van der Waals surface area (Å²) >= 11 is 16.0. The van der Waals surface area contributed by atoms with E-state index >= 15 is 0 Å². The molecular formula is C11H10Cl2N4S. The molecule has 94 valence electrons. The largest absolute Gasteiger partial charge is 0.337 e. The number of benzene rings is 1. The Hall–Kier alpha value is -1.17. The molecule has 1 aromatic heterocycles. The first-order valence-electron chi connectivity index (χ1n) is 5.04. The third-order valence-corrected chi connectivity index (χ3v) is 2.89. The van der Waals surface area contributed by atoms with Crippen LogP contribution in [0.15, 0.2) is 30.5 Å². The zero-order chi connectivity index (χ0) is 13.1. The molecule has 0 radical (unpaired) electrons. The molecule has 7 heteroatoms. The number of aromatic nitrogens is 2. The Balaban J connectivity index is 2.37. The molecule has 0 unspecified atom stereocenters. The summed E-state index contributed by atoms with van der Waals surface area (Å²) in [6.07, 6.45) is 1.45. The van der Waals surface area contributed by atoms with Gasteiger partial charge in [-0.15, -0.1) is 0 Å². The van der Waals surface area contributed by atoms with Gasteiger partial charge >= 0.3 is 0 Å². The first kappa shape index (κ1) is 13.3. The molecule has 4 nitrogen and oxygen atoms in total. The highest BCUT2D eigenvalue weighted by atomic mass is 35.5. The molecule has 0 fully saturated rings. The molecule has 0 atom stereocenters. The van der Waals surface area contributed by atoms with Crippen LogP contribution in [0.3, 0.4) is 0 Å². The van der Waals surface area contributed by atoms with Crippen LogP contribution in [0, 0.1) is 0 Å². The second-order valence-corrected chi connectivity index (χ2v) is 4.85. The van der Waals surface area contributed by atoms with Crippen molar-refractivity contribution in [1.82, 2.24) is 9.97 Å². The SMILES string of the molecule is CN(S)c1ccccc1Nc1nc(Cl)ncc1Cl. The number of anilines is 3. The van der Waals surface area contributed by atoms with Gasteiger partial charge in [-0.2, -0.15) is 4.98 Å². The summed E-state index contributed by atoms with van der Waals surface area (Å²) in [5.74, 6) is 0.458. The van der Waals surface area contributed by atoms with Crippen molar-refractivity contribution in [2.75, 3.05) is 16.7 Å². The quantitative estimate of drug-likeness (QED) is 0.668. The highest BCUT2D eigenvalue weighted by Gasteiger charge is 2.08. The number of thiol groups is 1. The van der Waals surface area contributed by atoms with Crippen LogP contribution in [0.25, 0.3) is 0 Å². The summed E-state index contributed by atoms with van der Waals surface area (Å²) in [5.41, 5.74) is 1.72. The van der Waals surface area contributed by atoms with E-state index in [4.69, 9.17) is 23.2 Å². The number of halogens is 2. The van der Waals surface area contributed by atoms with Gasteiger partial charge < -0.3 is 9.62 Å². The van der Waals surface area contributed by atoms with E-state index < -0.39 is 0 Å². The van der Waals surface area contributed by atoms with E-state index in [-0.39, 0.29) is 5.28 Å². The maximum Gasteiger partial charge on any atom is 0.224 e. The van der Waals surface area contributed by atoms with Gasteiger partial charge in [0.2, 0.25) is 5.28 Å². The van der Waals surface area contributed by atoms with E-state index in [0.29, 0.717) is 10.8 Å². The topological polar surface area (TPSA) is 41.0 Å². The molecule has 18 heavy (non-hydrogen) atoms. The van der Waals surface area contributed by atoms with Crippen LogP contribution in [0.5, 0.6) is 0 Å². The van der Waals surface area contributed by atoms with E-state index in [9.17, 15) is 0 Å². The highest BCUT2D eigenvalue weighted by Crippen LogP contribution is 2.30. The Morgan fingerprint density at radius 2 is 2.00 bits per heavy atom. The van der Waals surface area contributed by atoms with Gasteiger partial charge in [0.25, 0.3) is 0 Å². The maximum absolute atomic E-state index is 6.00. The van der Waals surface area contributed by atoms with Gasteiger partial charge in [0.15, 0.2) is 5.82 Å². The van der Waals surface area contributed by atoms with Crippen molar-refractivity contribution in [3.8, 4) is 0 Å². The Kier molecular flexibility index (Phi) is 4.16. The molecule has 0 spiro atoms. The summed E-state index contributed by atoms with van der Waals surface area (Å²) in [6.45, 7) is 0. The molecule has 1 aromatic carbocycles. The molecule has 0 aliphatic carbocycles. The second kappa shape index (κ2) is 5.65. The molecule has 2 aromatic rings.